The normalized spacial score (nSPS) is 11.6. The first-order chi connectivity index (χ1) is 10.00. The van der Waals surface area contributed by atoms with Crippen molar-refractivity contribution in [1.82, 2.24) is 9.97 Å². The van der Waals surface area contributed by atoms with Gasteiger partial charge in [0.2, 0.25) is 5.56 Å². The Morgan fingerprint density at radius 1 is 0.955 bits per heavy atom. The van der Waals surface area contributed by atoms with Gasteiger partial charge >= 0.3 is 12.4 Å². The van der Waals surface area contributed by atoms with Crippen LogP contribution in [0.1, 0.15) is 11.1 Å². The lowest BCUT2D eigenvalue weighted by Gasteiger charge is -2.04. The van der Waals surface area contributed by atoms with Crippen LogP contribution >= 0.6 is 11.6 Å². The third-order valence-corrected chi connectivity index (χ3v) is 2.36. The molecule has 10 heteroatoms. The fourth-order valence-electron chi connectivity index (χ4n) is 1.20. The fraction of sp³-hybridized carbons (Fsp3) is 0.167. The average molecular weight is 345 g/mol. The quantitative estimate of drug-likeness (QED) is 0.576. The molecule has 22 heavy (non-hydrogen) atoms. The van der Waals surface area contributed by atoms with Crippen LogP contribution < -0.4 is 5.56 Å². The minimum absolute atomic E-state index is 0.153. The lowest BCUT2D eigenvalue weighted by atomic mass is 10.3. The molecule has 0 saturated carbocycles. The largest absolute Gasteiger partial charge is 0.416 e. The summed E-state index contributed by atoms with van der Waals surface area (Å²) >= 11 is 5.24. The maximum atomic E-state index is 11.9. The first-order valence-electron chi connectivity index (χ1n) is 5.45. The Morgan fingerprint density at radius 3 is 1.86 bits per heavy atom. The molecule has 2 rings (SSSR count). The lowest BCUT2D eigenvalue weighted by molar-refractivity contribution is -0.138. The van der Waals surface area contributed by atoms with Gasteiger partial charge in [-0.25, -0.2) is 4.98 Å². The van der Waals surface area contributed by atoms with E-state index in [0.29, 0.717) is 6.07 Å². The van der Waals surface area contributed by atoms with Gasteiger partial charge in [0.05, 0.1) is 11.1 Å². The van der Waals surface area contributed by atoms with Gasteiger partial charge in [-0.15, -0.1) is 0 Å². The van der Waals surface area contributed by atoms with E-state index in [4.69, 9.17) is 11.6 Å². The number of aromatic nitrogens is 2. The van der Waals surface area contributed by atoms with E-state index in [1.54, 1.807) is 0 Å². The van der Waals surface area contributed by atoms with Gasteiger partial charge in [-0.05, 0) is 18.2 Å². The Kier molecular flexibility index (Phi) is 5.59. The molecule has 0 bridgehead atoms. The SMILES string of the molecule is FC(F)(F)c1ccnc(Cl)c1.O=c1cc(C(F)(F)F)cc[nH]1. The van der Waals surface area contributed by atoms with E-state index in [9.17, 15) is 31.1 Å². The highest BCUT2D eigenvalue weighted by Gasteiger charge is 2.31. The number of nitrogens with zero attached hydrogens (tertiary/aromatic N) is 1. The van der Waals surface area contributed by atoms with Crippen LogP contribution in [0.2, 0.25) is 5.15 Å². The van der Waals surface area contributed by atoms with Gasteiger partial charge in [-0.3, -0.25) is 4.79 Å². The minimum Gasteiger partial charge on any atom is -0.329 e. The summed E-state index contributed by atoms with van der Waals surface area (Å²) in [6, 6.07) is 2.97. The molecule has 0 aliphatic carbocycles. The molecule has 0 aromatic carbocycles. The highest BCUT2D eigenvalue weighted by Crippen LogP contribution is 2.29. The number of H-pyrrole nitrogens is 1. The van der Waals surface area contributed by atoms with E-state index in [1.807, 2.05) is 0 Å². The molecule has 0 amide bonds. The van der Waals surface area contributed by atoms with Crippen molar-refractivity contribution in [2.75, 3.05) is 0 Å². The third kappa shape index (κ3) is 5.76. The molecular weight excluding hydrogens is 338 g/mol. The molecule has 3 nitrogen and oxygen atoms in total. The molecule has 2 aromatic heterocycles. The Labute approximate surface area is 124 Å². The molecule has 0 atom stereocenters. The van der Waals surface area contributed by atoms with Gasteiger partial charge in [-0.1, -0.05) is 11.6 Å². The first-order valence-corrected chi connectivity index (χ1v) is 5.82. The van der Waals surface area contributed by atoms with Crippen molar-refractivity contribution >= 4 is 11.6 Å². The molecule has 0 spiro atoms. The Morgan fingerprint density at radius 2 is 1.50 bits per heavy atom. The number of pyridine rings is 2. The summed E-state index contributed by atoms with van der Waals surface area (Å²) in [6.45, 7) is 0. The van der Waals surface area contributed by atoms with Crippen molar-refractivity contribution in [2.24, 2.45) is 0 Å². The number of hydrogen-bond donors (Lipinski definition) is 1. The number of halogens is 7. The maximum Gasteiger partial charge on any atom is 0.416 e. The van der Waals surface area contributed by atoms with Crippen molar-refractivity contribution < 1.29 is 26.3 Å². The molecule has 0 unspecified atom stereocenters. The van der Waals surface area contributed by atoms with Crippen molar-refractivity contribution in [3.63, 3.8) is 0 Å². The predicted octanol–water partition coefficient (Wildman–Crippen LogP) is 4.15. The molecule has 1 N–H and O–H groups in total. The van der Waals surface area contributed by atoms with Crippen molar-refractivity contribution in [3.05, 3.63) is 63.3 Å². The number of rotatable bonds is 0. The fourth-order valence-corrected chi connectivity index (χ4v) is 1.37. The summed E-state index contributed by atoms with van der Waals surface area (Å²) < 4.78 is 71.1. The molecule has 0 radical (unpaired) electrons. The summed E-state index contributed by atoms with van der Waals surface area (Å²) in [4.78, 5) is 15.9. The van der Waals surface area contributed by atoms with Gasteiger partial charge in [0.15, 0.2) is 0 Å². The van der Waals surface area contributed by atoms with E-state index in [0.717, 1.165) is 30.6 Å². The minimum atomic E-state index is -4.44. The zero-order valence-corrected chi connectivity index (χ0v) is 11.2. The number of alkyl halides is 6. The monoisotopic (exact) mass is 344 g/mol. The van der Waals surface area contributed by atoms with Crippen LogP contribution in [0, 0.1) is 0 Å². The van der Waals surface area contributed by atoms with E-state index < -0.39 is 29.0 Å². The van der Waals surface area contributed by atoms with Crippen molar-refractivity contribution in [1.29, 1.82) is 0 Å². The van der Waals surface area contributed by atoms with Gasteiger partial charge in [0, 0.05) is 18.5 Å². The molecule has 120 valence electrons. The van der Waals surface area contributed by atoms with E-state index in [2.05, 4.69) is 9.97 Å². The molecular formula is C12H7ClF6N2O. The van der Waals surface area contributed by atoms with Crippen LogP contribution in [0.4, 0.5) is 26.3 Å². The lowest BCUT2D eigenvalue weighted by Crippen LogP contribution is -2.11. The molecule has 0 fully saturated rings. The summed E-state index contributed by atoms with van der Waals surface area (Å²) in [6.07, 6.45) is -6.79. The van der Waals surface area contributed by atoms with Gasteiger partial charge in [-0.2, -0.15) is 26.3 Å². The first kappa shape index (κ1) is 18.0. The molecule has 2 heterocycles. The van der Waals surface area contributed by atoms with Gasteiger partial charge in [0.1, 0.15) is 5.15 Å². The summed E-state index contributed by atoms with van der Waals surface area (Å²) in [5, 5.41) is -0.153. The van der Waals surface area contributed by atoms with Crippen molar-refractivity contribution in [3.8, 4) is 0 Å². The van der Waals surface area contributed by atoms with E-state index in [1.165, 1.54) is 0 Å². The second kappa shape index (κ2) is 6.82. The van der Waals surface area contributed by atoms with Crippen LogP contribution in [-0.2, 0) is 12.4 Å². The molecule has 0 aliphatic heterocycles. The van der Waals surface area contributed by atoms with E-state index >= 15 is 0 Å². The Bertz CT molecular complexity index is 680. The van der Waals surface area contributed by atoms with Gasteiger partial charge in [0.25, 0.3) is 0 Å². The van der Waals surface area contributed by atoms with Crippen LogP contribution in [0.3, 0.4) is 0 Å². The van der Waals surface area contributed by atoms with Crippen LogP contribution in [0.5, 0.6) is 0 Å². The second-order valence-electron chi connectivity index (χ2n) is 3.80. The molecule has 0 aliphatic rings. The zero-order chi connectivity index (χ0) is 17.0. The average Bonchev–Trinajstić information content (AvgIpc) is 2.37. The summed E-state index contributed by atoms with van der Waals surface area (Å²) in [5.74, 6) is 0. The van der Waals surface area contributed by atoms with Crippen LogP contribution in [-0.4, -0.2) is 9.97 Å². The Balaban J connectivity index is 0.000000220. The standard InChI is InChI=1S/C6H3ClF3N.C6H4F3NO/c7-5-3-4(1-2-11-5)6(8,9)10;7-6(8,9)4-1-2-10-5(11)3-4/h1-3H;1-3H,(H,10,11). The highest BCUT2D eigenvalue weighted by molar-refractivity contribution is 6.29. The molecule has 0 saturated heterocycles. The van der Waals surface area contributed by atoms with Gasteiger partial charge < -0.3 is 4.98 Å². The second-order valence-corrected chi connectivity index (χ2v) is 4.19. The topological polar surface area (TPSA) is 45.8 Å². The summed E-state index contributed by atoms with van der Waals surface area (Å²) in [7, 11) is 0. The smallest absolute Gasteiger partial charge is 0.329 e. The van der Waals surface area contributed by atoms with Crippen LogP contribution in [0.25, 0.3) is 0 Å². The van der Waals surface area contributed by atoms with Crippen LogP contribution in [0.15, 0.2) is 41.5 Å². The van der Waals surface area contributed by atoms with Crippen molar-refractivity contribution in [2.45, 2.75) is 12.4 Å². The summed E-state index contributed by atoms with van der Waals surface area (Å²) in [5.41, 5.74) is -2.46. The highest BCUT2D eigenvalue weighted by atomic mass is 35.5. The maximum absolute atomic E-state index is 11.9. The Hall–Kier alpha value is -2.03. The number of aromatic amines is 1. The zero-order valence-electron chi connectivity index (χ0n) is 10.5. The van der Waals surface area contributed by atoms with E-state index in [-0.39, 0.29) is 5.15 Å². The number of nitrogens with one attached hydrogen (secondary N) is 1. The number of hydrogen-bond acceptors (Lipinski definition) is 2. The molecule has 2 aromatic rings. The third-order valence-electron chi connectivity index (χ3n) is 2.16. The predicted molar refractivity (Wildman–Crippen MR) is 66.3 cm³/mol.